The van der Waals surface area contributed by atoms with E-state index >= 15 is 0 Å². The molecule has 5 nitrogen and oxygen atoms in total. The van der Waals surface area contributed by atoms with Crippen molar-refractivity contribution in [2.45, 2.75) is 296 Å². The second-order valence-corrected chi connectivity index (χ2v) is 17.3. The number of unbranched alkanes of at least 4 members (excludes halogenated alkanes) is 39. The molecule has 0 radical (unpaired) electrons. The minimum Gasteiger partial charge on any atom is -0.462 e. The molecule has 1 atom stereocenters. The average molecular weight is 779 g/mol. The van der Waals surface area contributed by atoms with Gasteiger partial charge in [-0.25, -0.2) is 0 Å². The summed E-state index contributed by atoms with van der Waals surface area (Å²) >= 11 is 0. The van der Waals surface area contributed by atoms with Crippen LogP contribution in [0, 0.1) is 0 Å². The Balaban J connectivity index is 3.37. The maximum absolute atomic E-state index is 12.2. The highest BCUT2D eigenvalue weighted by atomic mass is 16.6. The summed E-state index contributed by atoms with van der Waals surface area (Å²) < 4.78 is 10.6. The van der Waals surface area contributed by atoms with Crippen LogP contribution in [0.15, 0.2) is 0 Å². The molecule has 0 heterocycles. The Kier molecular flexibility index (Phi) is 46.3. The Hall–Kier alpha value is -1.10. The third kappa shape index (κ3) is 45.5. The zero-order valence-electron chi connectivity index (χ0n) is 37.5. The number of hydrogen-bond donors (Lipinski definition) is 1. The molecule has 1 unspecified atom stereocenters. The van der Waals surface area contributed by atoms with E-state index in [0.717, 1.165) is 32.1 Å². The van der Waals surface area contributed by atoms with Crippen LogP contribution in [0.4, 0.5) is 0 Å². The highest BCUT2D eigenvalue weighted by molar-refractivity contribution is 5.70. The summed E-state index contributed by atoms with van der Waals surface area (Å²) in [7, 11) is 0. The Morgan fingerprint density at radius 1 is 0.345 bits per heavy atom. The van der Waals surface area contributed by atoms with Crippen LogP contribution >= 0.6 is 0 Å². The number of carbonyl (C=O) groups is 2. The first kappa shape index (κ1) is 53.9. The molecule has 0 aromatic heterocycles. The normalized spacial score (nSPS) is 12.0. The smallest absolute Gasteiger partial charge is 0.306 e. The molecule has 0 aliphatic rings. The molecule has 0 spiro atoms. The molecule has 0 aliphatic carbocycles. The van der Waals surface area contributed by atoms with Crippen LogP contribution in [0.2, 0.25) is 0 Å². The molecule has 0 rings (SSSR count). The van der Waals surface area contributed by atoms with Gasteiger partial charge in [0.25, 0.3) is 0 Å². The SMILES string of the molecule is CCCCCCCCCCCCCCCCCCCCCCCCCCCCCCCC(=O)OC(CO)COC(=O)CCCCCCCCCCCCCC. The lowest BCUT2D eigenvalue weighted by Gasteiger charge is -2.15. The first-order valence-electron chi connectivity index (χ1n) is 25.1. The number of carbonyl (C=O) groups excluding carboxylic acids is 2. The van der Waals surface area contributed by atoms with E-state index in [1.165, 1.54) is 231 Å². The Labute approximate surface area is 344 Å². The Bertz CT molecular complexity index is 754. The molecule has 0 aromatic carbocycles. The third-order valence-electron chi connectivity index (χ3n) is 11.7. The van der Waals surface area contributed by atoms with Gasteiger partial charge in [-0.3, -0.25) is 9.59 Å². The van der Waals surface area contributed by atoms with Crippen molar-refractivity contribution >= 4 is 11.9 Å². The van der Waals surface area contributed by atoms with E-state index in [-0.39, 0.29) is 25.2 Å². The topological polar surface area (TPSA) is 72.8 Å². The lowest BCUT2D eigenvalue weighted by molar-refractivity contribution is -0.161. The van der Waals surface area contributed by atoms with Crippen molar-refractivity contribution in [3.05, 3.63) is 0 Å². The van der Waals surface area contributed by atoms with Crippen LogP contribution in [0.1, 0.15) is 290 Å². The largest absolute Gasteiger partial charge is 0.462 e. The number of esters is 2. The van der Waals surface area contributed by atoms with Crippen LogP contribution < -0.4 is 0 Å². The quantitative estimate of drug-likeness (QED) is 0.0492. The fraction of sp³-hybridized carbons (Fsp3) is 0.960. The van der Waals surface area contributed by atoms with E-state index in [1.54, 1.807) is 0 Å². The third-order valence-corrected chi connectivity index (χ3v) is 11.7. The van der Waals surface area contributed by atoms with E-state index < -0.39 is 6.10 Å². The van der Waals surface area contributed by atoms with E-state index in [9.17, 15) is 14.7 Å². The maximum atomic E-state index is 12.2. The summed E-state index contributed by atoms with van der Waals surface area (Å²) in [6, 6.07) is 0. The van der Waals surface area contributed by atoms with Gasteiger partial charge in [0.05, 0.1) is 6.61 Å². The zero-order chi connectivity index (χ0) is 40.0. The molecular weight excluding hydrogens is 681 g/mol. The predicted molar refractivity (Wildman–Crippen MR) is 238 cm³/mol. The maximum Gasteiger partial charge on any atom is 0.306 e. The van der Waals surface area contributed by atoms with E-state index in [2.05, 4.69) is 13.8 Å². The molecule has 5 heteroatoms. The molecular formula is C50H98O5. The van der Waals surface area contributed by atoms with Gasteiger partial charge in [-0.2, -0.15) is 0 Å². The molecule has 0 aromatic rings. The second-order valence-electron chi connectivity index (χ2n) is 17.3. The molecule has 0 fully saturated rings. The summed E-state index contributed by atoms with van der Waals surface area (Å²) in [5.41, 5.74) is 0. The highest BCUT2D eigenvalue weighted by Crippen LogP contribution is 2.17. The molecule has 0 aliphatic heterocycles. The molecule has 1 N–H and O–H groups in total. The minimum absolute atomic E-state index is 0.0566. The first-order valence-corrected chi connectivity index (χ1v) is 25.1. The molecule has 0 saturated heterocycles. The standard InChI is InChI=1S/C50H98O5/c1-3-5-7-9-11-13-15-17-18-19-20-21-22-23-24-25-26-27-28-29-30-31-32-33-35-37-39-41-43-45-50(53)55-48(46-51)47-54-49(52)44-42-40-38-36-34-16-14-12-10-8-6-4-2/h48,51H,3-47H2,1-2H3. The summed E-state index contributed by atoms with van der Waals surface area (Å²) in [4.78, 5) is 24.3. The van der Waals surface area contributed by atoms with Gasteiger partial charge in [0, 0.05) is 12.8 Å². The van der Waals surface area contributed by atoms with Gasteiger partial charge >= 0.3 is 11.9 Å². The monoisotopic (exact) mass is 779 g/mol. The number of rotatable bonds is 47. The van der Waals surface area contributed by atoms with Crippen molar-refractivity contribution in [1.29, 1.82) is 0 Å². The molecule has 0 bridgehead atoms. The minimum atomic E-state index is -0.762. The fourth-order valence-electron chi connectivity index (χ4n) is 7.85. The van der Waals surface area contributed by atoms with E-state index in [1.807, 2.05) is 0 Å². The number of ether oxygens (including phenoxy) is 2. The fourth-order valence-corrected chi connectivity index (χ4v) is 7.85. The van der Waals surface area contributed by atoms with E-state index in [4.69, 9.17) is 9.47 Å². The van der Waals surface area contributed by atoms with Gasteiger partial charge in [-0.1, -0.05) is 264 Å². The number of aliphatic hydroxyl groups is 1. The number of aliphatic hydroxyl groups excluding tert-OH is 1. The molecule has 328 valence electrons. The summed E-state index contributed by atoms with van der Waals surface area (Å²) in [6.07, 6.45) is 55.0. The molecule has 0 saturated carbocycles. The molecule has 0 amide bonds. The van der Waals surface area contributed by atoms with E-state index in [0.29, 0.717) is 12.8 Å². The van der Waals surface area contributed by atoms with Crippen LogP contribution in [-0.2, 0) is 19.1 Å². The first-order chi connectivity index (χ1) is 27.1. The van der Waals surface area contributed by atoms with Crippen molar-refractivity contribution in [3.8, 4) is 0 Å². The van der Waals surface area contributed by atoms with Crippen molar-refractivity contribution < 1.29 is 24.2 Å². The average Bonchev–Trinajstić information content (AvgIpc) is 3.19. The van der Waals surface area contributed by atoms with Gasteiger partial charge < -0.3 is 14.6 Å². The Morgan fingerprint density at radius 3 is 0.800 bits per heavy atom. The highest BCUT2D eigenvalue weighted by Gasteiger charge is 2.16. The van der Waals surface area contributed by atoms with Gasteiger partial charge in [0.1, 0.15) is 6.61 Å². The van der Waals surface area contributed by atoms with Gasteiger partial charge in [-0.15, -0.1) is 0 Å². The predicted octanol–water partition coefficient (Wildman–Crippen LogP) is 16.2. The van der Waals surface area contributed by atoms with Crippen LogP contribution in [-0.4, -0.2) is 36.4 Å². The second kappa shape index (κ2) is 47.3. The van der Waals surface area contributed by atoms with Crippen LogP contribution in [0.25, 0.3) is 0 Å². The van der Waals surface area contributed by atoms with Crippen molar-refractivity contribution in [2.75, 3.05) is 13.2 Å². The lowest BCUT2D eigenvalue weighted by Crippen LogP contribution is -2.28. The summed E-state index contributed by atoms with van der Waals surface area (Å²) in [6.45, 7) is 4.18. The summed E-state index contributed by atoms with van der Waals surface area (Å²) in [5, 5.41) is 9.59. The van der Waals surface area contributed by atoms with Gasteiger partial charge in [0.2, 0.25) is 0 Å². The van der Waals surface area contributed by atoms with Crippen molar-refractivity contribution in [1.82, 2.24) is 0 Å². The van der Waals surface area contributed by atoms with Crippen molar-refractivity contribution in [3.63, 3.8) is 0 Å². The Morgan fingerprint density at radius 2 is 0.564 bits per heavy atom. The van der Waals surface area contributed by atoms with Crippen molar-refractivity contribution in [2.24, 2.45) is 0 Å². The number of hydrogen-bond acceptors (Lipinski definition) is 5. The zero-order valence-corrected chi connectivity index (χ0v) is 37.5. The lowest BCUT2D eigenvalue weighted by atomic mass is 10.0. The molecule has 55 heavy (non-hydrogen) atoms. The van der Waals surface area contributed by atoms with Crippen LogP contribution in [0.3, 0.4) is 0 Å². The van der Waals surface area contributed by atoms with Gasteiger partial charge in [-0.05, 0) is 12.8 Å². The van der Waals surface area contributed by atoms with Crippen LogP contribution in [0.5, 0.6) is 0 Å². The van der Waals surface area contributed by atoms with Gasteiger partial charge in [0.15, 0.2) is 6.10 Å². The summed E-state index contributed by atoms with van der Waals surface area (Å²) in [5.74, 6) is -0.571.